The van der Waals surface area contributed by atoms with Crippen LogP contribution < -0.4 is 26.8 Å². The average molecular weight is 434 g/mol. The van der Waals surface area contributed by atoms with E-state index in [-0.39, 0.29) is 41.7 Å². The average Bonchev–Trinajstić information content (AvgIpc) is 3.17. The van der Waals surface area contributed by atoms with Gasteiger partial charge in [0.25, 0.3) is 0 Å². The summed E-state index contributed by atoms with van der Waals surface area (Å²) >= 11 is 5.81. The number of nitrogens with two attached hydrogens (primary N) is 2. The molecule has 10 nitrogen and oxygen atoms in total. The van der Waals surface area contributed by atoms with E-state index in [2.05, 4.69) is 25.6 Å². The van der Waals surface area contributed by atoms with Crippen molar-refractivity contribution < 1.29 is 14.6 Å². The van der Waals surface area contributed by atoms with Crippen molar-refractivity contribution in [3.8, 4) is 5.75 Å². The minimum atomic E-state index is -0.652. The Labute approximate surface area is 178 Å². The third-order valence-electron chi connectivity index (χ3n) is 4.48. The van der Waals surface area contributed by atoms with Crippen LogP contribution in [0.1, 0.15) is 28.9 Å². The van der Waals surface area contributed by atoms with Gasteiger partial charge in [-0.05, 0) is 37.0 Å². The third kappa shape index (κ3) is 5.71. The van der Waals surface area contributed by atoms with Gasteiger partial charge in [-0.2, -0.15) is 4.99 Å². The number of ether oxygens (including phenoxy) is 1. The molecular weight excluding hydrogens is 410 g/mol. The molecule has 2 heterocycles. The summed E-state index contributed by atoms with van der Waals surface area (Å²) in [5, 5.41) is 14.9. The van der Waals surface area contributed by atoms with Gasteiger partial charge in [0.05, 0.1) is 6.61 Å². The Morgan fingerprint density at radius 1 is 1.27 bits per heavy atom. The molecule has 2 aromatic rings. The molecule has 1 aromatic heterocycles. The number of hydrogen-bond acceptors (Lipinski definition) is 7. The summed E-state index contributed by atoms with van der Waals surface area (Å²) in [5.41, 5.74) is 12.3. The molecule has 30 heavy (non-hydrogen) atoms. The van der Waals surface area contributed by atoms with Crippen LogP contribution in [0.4, 0.5) is 11.6 Å². The fourth-order valence-corrected chi connectivity index (χ4v) is 3.11. The Kier molecular flexibility index (Phi) is 7.26. The predicted octanol–water partition coefficient (Wildman–Crippen LogP) is 0.746. The lowest BCUT2D eigenvalue weighted by atomic mass is 10.1. The first-order valence-corrected chi connectivity index (χ1v) is 9.88. The van der Waals surface area contributed by atoms with Crippen LogP contribution in [-0.2, 0) is 6.42 Å². The Hall–Kier alpha value is -3.11. The van der Waals surface area contributed by atoms with Crippen LogP contribution in [0.15, 0.2) is 29.3 Å². The summed E-state index contributed by atoms with van der Waals surface area (Å²) in [6.07, 6.45) is 2.78. The second kappa shape index (κ2) is 10.1. The number of nitrogens with zero attached hydrogens (tertiary/aromatic N) is 3. The maximum absolute atomic E-state index is 12.3. The number of rotatable bonds is 8. The normalized spacial score (nSPS) is 16.9. The number of hydrogen-bond donors (Lipinski definition) is 5. The molecule has 1 atom stereocenters. The number of anilines is 2. The molecule has 3 rings (SSSR count). The Bertz CT molecular complexity index is 921. The molecule has 0 aliphatic carbocycles. The number of carbonyl (C=O) groups excluding carboxylic acids is 1. The van der Waals surface area contributed by atoms with Crippen molar-refractivity contribution in [1.29, 1.82) is 0 Å². The van der Waals surface area contributed by atoms with Gasteiger partial charge in [-0.1, -0.05) is 23.7 Å². The van der Waals surface area contributed by atoms with Gasteiger partial charge in [0.1, 0.15) is 12.4 Å². The molecular formula is C19H24ClN7O3. The van der Waals surface area contributed by atoms with Crippen LogP contribution in [0.25, 0.3) is 0 Å². The largest absolute Gasteiger partial charge is 0.491 e. The van der Waals surface area contributed by atoms with Gasteiger partial charge >= 0.3 is 5.91 Å². The van der Waals surface area contributed by atoms with Gasteiger partial charge in [-0.15, -0.1) is 0 Å². The zero-order valence-corrected chi connectivity index (χ0v) is 17.0. The van der Waals surface area contributed by atoms with Gasteiger partial charge in [-0.3, -0.25) is 4.79 Å². The van der Waals surface area contributed by atoms with Crippen molar-refractivity contribution in [1.82, 2.24) is 20.6 Å². The minimum absolute atomic E-state index is 0.00439. The molecule has 1 aliphatic heterocycles. The number of halogens is 1. The van der Waals surface area contributed by atoms with Crippen molar-refractivity contribution in [2.24, 2.45) is 4.99 Å². The highest BCUT2D eigenvalue weighted by molar-refractivity contribution is 6.31. The first-order valence-electron chi connectivity index (χ1n) is 9.50. The Morgan fingerprint density at radius 3 is 2.77 bits per heavy atom. The monoisotopic (exact) mass is 433 g/mol. The zero-order chi connectivity index (χ0) is 21.5. The molecule has 0 radical (unpaired) electrons. The van der Waals surface area contributed by atoms with Crippen molar-refractivity contribution >= 4 is 35.1 Å². The number of nitrogen functional groups attached to an aromatic ring is 2. The topological polar surface area (TPSA) is 161 Å². The highest BCUT2D eigenvalue weighted by atomic mass is 35.5. The van der Waals surface area contributed by atoms with Crippen LogP contribution >= 0.6 is 11.6 Å². The van der Waals surface area contributed by atoms with Gasteiger partial charge < -0.3 is 31.9 Å². The van der Waals surface area contributed by atoms with E-state index in [1.165, 1.54) is 5.56 Å². The highest BCUT2D eigenvalue weighted by Crippen LogP contribution is 2.18. The van der Waals surface area contributed by atoms with Crippen LogP contribution in [0, 0.1) is 0 Å². The summed E-state index contributed by atoms with van der Waals surface area (Å²) in [6, 6.07) is 7.98. The summed E-state index contributed by atoms with van der Waals surface area (Å²) < 4.78 is 5.35. The number of aromatic nitrogens is 2. The van der Waals surface area contributed by atoms with E-state index >= 15 is 0 Å². The third-order valence-corrected chi connectivity index (χ3v) is 4.76. The van der Waals surface area contributed by atoms with E-state index in [9.17, 15) is 4.79 Å². The summed E-state index contributed by atoms with van der Waals surface area (Å²) in [4.78, 5) is 23.9. The second-order valence-corrected chi connectivity index (χ2v) is 7.09. The van der Waals surface area contributed by atoms with E-state index < -0.39 is 5.91 Å². The SMILES string of the molecule is Nc1nc(N)c(C(=O)/N=C2/NC[C@H](CCCc3ccc(OCCO)cc3)N2)nc1Cl. The molecule has 7 N–H and O–H groups in total. The number of benzene rings is 1. The van der Waals surface area contributed by atoms with Crippen molar-refractivity contribution in [3.05, 3.63) is 40.7 Å². The van der Waals surface area contributed by atoms with Gasteiger partial charge in [-0.25, -0.2) is 9.97 Å². The molecule has 160 valence electrons. The molecule has 1 amide bonds. The summed E-state index contributed by atoms with van der Waals surface area (Å²) in [6.45, 7) is 0.940. The maximum Gasteiger partial charge on any atom is 0.302 e. The number of aliphatic imine (C=N–C) groups is 1. The number of guanidine groups is 1. The highest BCUT2D eigenvalue weighted by Gasteiger charge is 2.21. The van der Waals surface area contributed by atoms with E-state index in [0.717, 1.165) is 25.0 Å². The van der Waals surface area contributed by atoms with Crippen molar-refractivity contribution in [2.75, 3.05) is 31.2 Å². The van der Waals surface area contributed by atoms with Crippen LogP contribution in [0.5, 0.6) is 5.75 Å². The quantitative estimate of drug-likeness (QED) is 0.404. The van der Waals surface area contributed by atoms with E-state index in [0.29, 0.717) is 12.5 Å². The molecule has 1 aromatic carbocycles. The molecule has 1 aliphatic rings. The Morgan fingerprint density at radius 2 is 2.03 bits per heavy atom. The minimum Gasteiger partial charge on any atom is -0.491 e. The van der Waals surface area contributed by atoms with Gasteiger partial charge in [0, 0.05) is 12.6 Å². The number of amides is 1. The van der Waals surface area contributed by atoms with Gasteiger partial charge in [0.15, 0.2) is 28.4 Å². The second-order valence-electron chi connectivity index (χ2n) is 6.73. The maximum atomic E-state index is 12.3. The van der Waals surface area contributed by atoms with E-state index in [4.69, 9.17) is 32.9 Å². The van der Waals surface area contributed by atoms with Crippen molar-refractivity contribution in [2.45, 2.75) is 25.3 Å². The lowest BCUT2D eigenvalue weighted by molar-refractivity contribution is 0.0998. The first kappa shape index (κ1) is 21.6. The molecule has 1 saturated heterocycles. The molecule has 0 bridgehead atoms. The number of aliphatic hydroxyl groups is 1. The smallest absolute Gasteiger partial charge is 0.302 e. The fourth-order valence-electron chi connectivity index (χ4n) is 2.98. The lowest BCUT2D eigenvalue weighted by Gasteiger charge is -2.09. The van der Waals surface area contributed by atoms with Crippen LogP contribution in [-0.4, -0.2) is 52.7 Å². The summed E-state index contributed by atoms with van der Waals surface area (Å²) in [7, 11) is 0. The number of carbonyl (C=O) groups is 1. The molecule has 0 spiro atoms. The van der Waals surface area contributed by atoms with E-state index in [1.807, 2.05) is 24.3 Å². The van der Waals surface area contributed by atoms with Gasteiger partial charge in [0.2, 0.25) is 0 Å². The molecule has 11 heteroatoms. The van der Waals surface area contributed by atoms with Crippen molar-refractivity contribution in [3.63, 3.8) is 0 Å². The predicted molar refractivity (Wildman–Crippen MR) is 115 cm³/mol. The number of aryl methyl sites for hydroxylation is 1. The lowest BCUT2D eigenvalue weighted by Crippen LogP contribution is -2.29. The fraction of sp³-hybridized carbons (Fsp3) is 0.368. The zero-order valence-electron chi connectivity index (χ0n) is 16.3. The van der Waals surface area contributed by atoms with E-state index in [1.54, 1.807) is 0 Å². The van der Waals surface area contributed by atoms with Crippen LogP contribution in [0.2, 0.25) is 5.15 Å². The van der Waals surface area contributed by atoms with Crippen LogP contribution in [0.3, 0.4) is 0 Å². The summed E-state index contributed by atoms with van der Waals surface area (Å²) in [5.74, 6) is 0.301. The molecule has 0 unspecified atom stereocenters. The Balaban J connectivity index is 1.47. The molecule has 0 saturated carbocycles. The number of aliphatic hydroxyl groups excluding tert-OH is 1. The standard InChI is InChI=1S/C19H24ClN7O3/c20-15-17(22)26-16(21)14(25-15)18(29)27-19-23-10-12(24-19)3-1-2-11-4-6-13(7-5-11)30-9-8-28/h4-7,12,28H,1-3,8-10H2,(H4,21,22,26)(H2,23,24,27,29)/t12-/m0/s1. The number of nitrogens with one attached hydrogen (secondary N) is 2. The molecule has 1 fully saturated rings. The first-order chi connectivity index (χ1) is 14.5.